The zero-order valence-corrected chi connectivity index (χ0v) is 16.3. The van der Waals surface area contributed by atoms with Crippen molar-refractivity contribution in [2.45, 2.75) is 32.4 Å². The standard InChI is InChI=1S/C22H23FN2O4/c1-14(16-6-4-3-5-7-16)25-13-17(12-20(25)26)22(28)29-15(2)21(27)24-19-10-8-18(23)9-11-19/h3-11,14-15,17H,12-13H2,1-2H3,(H,24,27)/t14-,15+,17-/m1/s1. The Morgan fingerprint density at radius 2 is 1.76 bits per heavy atom. The molecule has 0 aromatic heterocycles. The maximum absolute atomic E-state index is 12.9. The van der Waals surface area contributed by atoms with E-state index < -0.39 is 29.7 Å². The summed E-state index contributed by atoms with van der Waals surface area (Å²) in [5.41, 5.74) is 1.39. The van der Waals surface area contributed by atoms with Crippen LogP contribution >= 0.6 is 0 Å². The monoisotopic (exact) mass is 398 g/mol. The highest BCUT2D eigenvalue weighted by molar-refractivity contribution is 5.95. The summed E-state index contributed by atoms with van der Waals surface area (Å²) in [5.74, 6) is -2.25. The van der Waals surface area contributed by atoms with Gasteiger partial charge in [0.2, 0.25) is 5.91 Å². The molecule has 1 N–H and O–H groups in total. The summed E-state index contributed by atoms with van der Waals surface area (Å²) < 4.78 is 18.2. The van der Waals surface area contributed by atoms with E-state index in [0.717, 1.165) is 5.56 Å². The molecule has 2 aromatic carbocycles. The quantitative estimate of drug-likeness (QED) is 0.758. The molecule has 29 heavy (non-hydrogen) atoms. The van der Waals surface area contributed by atoms with Crippen LogP contribution in [0.5, 0.6) is 0 Å². The summed E-state index contributed by atoms with van der Waals surface area (Å²) in [4.78, 5) is 38.7. The number of carbonyl (C=O) groups excluding carboxylic acids is 3. The van der Waals surface area contributed by atoms with E-state index >= 15 is 0 Å². The van der Waals surface area contributed by atoms with E-state index in [-0.39, 0.29) is 24.9 Å². The van der Waals surface area contributed by atoms with Gasteiger partial charge >= 0.3 is 5.97 Å². The molecule has 152 valence electrons. The Hall–Kier alpha value is -3.22. The summed E-state index contributed by atoms with van der Waals surface area (Å²) >= 11 is 0. The van der Waals surface area contributed by atoms with Crippen LogP contribution in [-0.2, 0) is 19.1 Å². The van der Waals surface area contributed by atoms with Gasteiger partial charge in [0.15, 0.2) is 6.10 Å². The van der Waals surface area contributed by atoms with E-state index in [9.17, 15) is 18.8 Å². The Morgan fingerprint density at radius 3 is 2.41 bits per heavy atom. The van der Waals surface area contributed by atoms with Crippen LogP contribution in [0.1, 0.15) is 31.9 Å². The normalized spacial score (nSPS) is 18.2. The third-order valence-corrected chi connectivity index (χ3v) is 5.02. The van der Waals surface area contributed by atoms with Crippen LogP contribution in [0.25, 0.3) is 0 Å². The van der Waals surface area contributed by atoms with Gasteiger partial charge in [-0.15, -0.1) is 0 Å². The molecule has 1 heterocycles. The molecule has 3 atom stereocenters. The molecule has 1 aliphatic heterocycles. The highest BCUT2D eigenvalue weighted by Crippen LogP contribution is 2.29. The van der Waals surface area contributed by atoms with Crippen molar-refractivity contribution >= 4 is 23.5 Å². The van der Waals surface area contributed by atoms with Gasteiger partial charge in [-0.05, 0) is 43.7 Å². The van der Waals surface area contributed by atoms with Gasteiger partial charge < -0.3 is 15.0 Å². The minimum Gasteiger partial charge on any atom is -0.452 e. The molecule has 0 aliphatic carbocycles. The van der Waals surface area contributed by atoms with Crippen molar-refractivity contribution in [3.05, 3.63) is 66.0 Å². The van der Waals surface area contributed by atoms with Crippen molar-refractivity contribution in [2.24, 2.45) is 5.92 Å². The van der Waals surface area contributed by atoms with Crippen LogP contribution in [0.4, 0.5) is 10.1 Å². The van der Waals surface area contributed by atoms with Gasteiger partial charge in [-0.2, -0.15) is 0 Å². The molecule has 0 bridgehead atoms. The Morgan fingerprint density at radius 1 is 1.10 bits per heavy atom. The predicted octanol–water partition coefficient (Wildman–Crippen LogP) is 3.31. The molecular weight excluding hydrogens is 375 g/mol. The molecule has 1 aliphatic rings. The highest BCUT2D eigenvalue weighted by Gasteiger charge is 2.38. The lowest BCUT2D eigenvalue weighted by Gasteiger charge is -2.25. The van der Waals surface area contributed by atoms with E-state index in [1.807, 2.05) is 37.3 Å². The second-order valence-electron chi connectivity index (χ2n) is 7.11. The Bertz CT molecular complexity index is 885. The molecule has 1 fully saturated rings. The number of likely N-dealkylation sites (tertiary alicyclic amines) is 1. The number of nitrogens with zero attached hydrogens (tertiary/aromatic N) is 1. The average Bonchev–Trinajstić information content (AvgIpc) is 3.11. The minimum absolute atomic E-state index is 0.0578. The van der Waals surface area contributed by atoms with Crippen LogP contribution in [0.2, 0.25) is 0 Å². The van der Waals surface area contributed by atoms with Gasteiger partial charge in [0.05, 0.1) is 12.0 Å². The maximum Gasteiger partial charge on any atom is 0.312 e. The zero-order chi connectivity index (χ0) is 21.0. The fraction of sp³-hybridized carbons (Fsp3) is 0.318. The van der Waals surface area contributed by atoms with E-state index in [1.54, 1.807) is 4.90 Å². The maximum atomic E-state index is 12.9. The second-order valence-corrected chi connectivity index (χ2v) is 7.11. The molecule has 7 heteroatoms. The first-order chi connectivity index (χ1) is 13.8. The van der Waals surface area contributed by atoms with Crippen LogP contribution in [0.3, 0.4) is 0 Å². The molecule has 0 spiro atoms. The first kappa shape index (κ1) is 20.5. The summed E-state index contributed by atoms with van der Waals surface area (Å²) in [6.45, 7) is 3.62. The van der Waals surface area contributed by atoms with Gasteiger partial charge in [-0.1, -0.05) is 30.3 Å². The number of amides is 2. The van der Waals surface area contributed by atoms with Gasteiger partial charge in [0, 0.05) is 18.7 Å². The van der Waals surface area contributed by atoms with E-state index in [4.69, 9.17) is 4.74 Å². The fourth-order valence-electron chi connectivity index (χ4n) is 3.28. The van der Waals surface area contributed by atoms with Crippen molar-refractivity contribution in [3.63, 3.8) is 0 Å². The van der Waals surface area contributed by atoms with E-state index in [1.165, 1.54) is 31.2 Å². The smallest absolute Gasteiger partial charge is 0.312 e. The largest absolute Gasteiger partial charge is 0.452 e. The second kappa shape index (κ2) is 8.86. The number of halogens is 1. The van der Waals surface area contributed by atoms with Crippen LogP contribution in [-0.4, -0.2) is 35.3 Å². The van der Waals surface area contributed by atoms with Crippen molar-refractivity contribution in [2.75, 3.05) is 11.9 Å². The lowest BCUT2D eigenvalue weighted by atomic mass is 10.1. The number of benzene rings is 2. The minimum atomic E-state index is -1.04. The number of hydrogen-bond acceptors (Lipinski definition) is 4. The third-order valence-electron chi connectivity index (χ3n) is 5.02. The van der Waals surface area contributed by atoms with Gasteiger partial charge in [0.1, 0.15) is 5.82 Å². The molecule has 0 unspecified atom stereocenters. The first-order valence-corrected chi connectivity index (χ1v) is 9.46. The Kier molecular flexibility index (Phi) is 6.26. The molecule has 1 saturated heterocycles. The average molecular weight is 398 g/mol. The van der Waals surface area contributed by atoms with Crippen molar-refractivity contribution in [1.82, 2.24) is 4.90 Å². The Labute approximate surface area is 168 Å². The molecule has 6 nitrogen and oxygen atoms in total. The molecule has 0 saturated carbocycles. The lowest BCUT2D eigenvalue weighted by Crippen LogP contribution is -2.33. The highest BCUT2D eigenvalue weighted by atomic mass is 19.1. The number of nitrogens with one attached hydrogen (secondary N) is 1. The number of esters is 1. The predicted molar refractivity (Wildman–Crippen MR) is 105 cm³/mol. The van der Waals surface area contributed by atoms with Crippen LogP contribution < -0.4 is 5.32 Å². The van der Waals surface area contributed by atoms with E-state index in [0.29, 0.717) is 5.69 Å². The summed E-state index contributed by atoms with van der Waals surface area (Å²) in [5, 5.41) is 2.56. The van der Waals surface area contributed by atoms with Crippen LogP contribution in [0, 0.1) is 11.7 Å². The van der Waals surface area contributed by atoms with Gasteiger partial charge in [-0.25, -0.2) is 4.39 Å². The van der Waals surface area contributed by atoms with Crippen molar-refractivity contribution in [1.29, 1.82) is 0 Å². The SMILES string of the molecule is C[C@H](OC(=O)[C@@H]1CC(=O)N([C@H](C)c2ccccc2)C1)C(=O)Nc1ccc(F)cc1. The fourth-order valence-corrected chi connectivity index (χ4v) is 3.28. The molecule has 2 aromatic rings. The molecule has 2 amide bonds. The Balaban J connectivity index is 1.55. The number of rotatable bonds is 6. The topological polar surface area (TPSA) is 75.7 Å². The van der Waals surface area contributed by atoms with Crippen molar-refractivity contribution in [3.8, 4) is 0 Å². The van der Waals surface area contributed by atoms with E-state index in [2.05, 4.69) is 5.32 Å². The molecule has 3 rings (SSSR count). The molecule has 0 radical (unpaired) electrons. The lowest BCUT2D eigenvalue weighted by molar-refractivity contribution is -0.157. The van der Waals surface area contributed by atoms with Crippen LogP contribution in [0.15, 0.2) is 54.6 Å². The van der Waals surface area contributed by atoms with Gasteiger partial charge in [-0.3, -0.25) is 14.4 Å². The third kappa shape index (κ3) is 4.99. The number of hydrogen-bond donors (Lipinski definition) is 1. The summed E-state index contributed by atoms with van der Waals surface area (Å²) in [6.07, 6.45) is -0.981. The van der Waals surface area contributed by atoms with Crippen molar-refractivity contribution < 1.29 is 23.5 Å². The van der Waals surface area contributed by atoms with Gasteiger partial charge in [0.25, 0.3) is 5.91 Å². The number of carbonyl (C=O) groups is 3. The number of anilines is 1. The summed E-state index contributed by atoms with van der Waals surface area (Å²) in [6, 6.07) is 14.7. The summed E-state index contributed by atoms with van der Waals surface area (Å²) in [7, 11) is 0. The zero-order valence-electron chi connectivity index (χ0n) is 16.3. The number of ether oxygens (including phenoxy) is 1. The first-order valence-electron chi connectivity index (χ1n) is 9.46. The molecular formula is C22H23FN2O4.